The molecule has 18 heavy (non-hydrogen) atoms. The van der Waals surface area contributed by atoms with Gasteiger partial charge in [0, 0.05) is 0 Å². The number of aliphatic hydroxyl groups excluding tert-OH is 1. The molecule has 1 aromatic carbocycles. The summed E-state index contributed by atoms with van der Waals surface area (Å²) < 4.78 is 0. The highest BCUT2D eigenvalue weighted by atomic mass is 16.3. The van der Waals surface area contributed by atoms with Crippen molar-refractivity contribution in [3.8, 4) is 0 Å². The molecule has 4 unspecified atom stereocenters. The largest absolute Gasteiger partial charge is 0.393 e. The summed E-state index contributed by atoms with van der Waals surface area (Å²) in [5, 5.41) is 10.6. The monoisotopic (exact) mass is 242 g/mol. The van der Waals surface area contributed by atoms with Crippen LogP contribution in [0.3, 0.4) is 0 Å². The number of fused-ring (bicyclic) bond motifs is 3. The zero-order valence-corrected chi connectivity index (χ0v) is 10.9. The summed E-state index contributed by atoms with van der Waals surface area (Å²) in [6, 6.07) is 8.90. The molecule has 0 bridgehead atoms. The molecule has 1 N–H and O–H groups in total. The van der Waals surface area contributed by atoms with Gasteiger partial charge in [-0.05, 0) is 60.5 Å². The second-order valence-electron chi connectivity index (χ2n) is 6.54. The molecule has 3 aliphatic rings. The van der Waals surface area contributed by atoms with Gasteiger partial charge in [0.25, 0.3) is 0 Å². The van der Waals surface area contributed by atoms with E-state index in [1.807, 2.05) is 0 Å². The van der Waals surface area contributed by atoms with Crippen LogP contribution in [0, 0.1) is 17.8 Å². The first-order valence-electron chi connectivity index (χ1n) is 7.62. The lowest BCUT2D eigenvalue weighted by atomic mass is 9.92. The van der Waals surface area contributed by atoms with Crippen LogP contribution in [-0.2, 0) is 6.42 Å². The Bertz CT molecular complexity index is 447. The highest BCUT2D eigenvalue weighted by molar-refractivity contribution is 5.39. The molecule has 2 saturated carbocycles. The van der Waals surface area contributed by atoms with Crippen LogP contribution in [0.2, 0.25) is 0 Å². The van der Waals surface area contributed by atoms with Gasteiger partial charge in [0.2, 0.25) is 0 Å². The molecule has 96 valence electrons. The lowest BCUT2D eigenvalue weighted by molar-refractivity contribution is 0.0824. The van der Waals surface area contributed by atoms with E-state index in [-0.39, 0.29) is 6.10 Å². The van der Waals surface area contributed by atoms with Crippen molar-refractivity contribution in [2.75, 3.05) is 0 Å². The lowest BCUT2D eigenvalue weighted by Gasteiger charge is -2.17. The molecule has 0 amide bonds. The van der Waals surface area contributed by atoms with Gasteiger partial charge in [-0.1, -0.05) is 37.1 Å². The summed E-state index contributed by atoms with van der Waals surface area (Å²) in [5.41, 5.74) is 3.09. The molecule has 1 heteroatoms. The van der Waals surface area contributed by atoms with Gasteiger partial charge in [-0.2, -0.15) is 0 Å². The van der Waals surface area contributed by atoms with Crippen molar-refractivity contribution in [2.45, 2.75) is 50.5 Å². The molecule has 0 heterocycles. The third-order valence-corrected chi connectivity index (χ3v) is 5.67. The fourth-order valence-corrected chi connectivity index (χ4v) is 4.70. The van der Waals surface area contributed by atoms with Crippen molar-refractivity contribution in [1.82, 2.24) is 0 Å². The molecular formula is C17H22O. The normalized spacial score (nSPS) is 35.9. The third kappa shape index (κ3) is 1.56. The van der Waals surface area contributed by atoms with Gasteiger partial charge in [-0.3, -0.25) is 0 Å². The zero-order chi connectivity index (χ0) is 12.1. The SMILES string of the molecule is OC(C1CCCC1)C1C2CCc3ccccc3C21. The van der Waals surface area contributed by atoms with Crippen LogP contribution in [-0.4, -0.2) is 11.2 Å². The van der Waals surface area contributed by atoms with Gasteiger partial charge < -0.3 is 5.11 Å². The predicted octanol–water partition coefficient (Wildman–Crippen LogP) is 3.51. The van der Waals surface area contributed by atoms with E-state index in [2.05, 4.69) is 24.3 Å². The zero-order valence-electron chi connectivity index (χ0n) is 10.9. The lowest BCUT2D eigenvalue weighted by Crippen LogP contribution is -2.21. The topological polar surface area (TPSA) is 20.2 Å². The van der Waals surface area contributed by atoms with E-state index in [9.17, 15) is 5.11 Å². The minimum absolute atomic E-state index is 0.0198. The molecule has 0 saturated heterocycles. The van der Waals surface area contributed by atoms with Gasteiger partial charge in [0.15, 0.2) is 0 Å². The number of aliphatic hydroxyl groups is 1. The van der Waals surface area contributed by atoms with E-state index >= 15 is 0 Å². The Hall–Kier alpha value is -0.820. The molecule has 2 fully saturated rings. The Labute approximate surface area is 109 Å². The number of hydrogen-bond donors (Lipinski definition) is 1. The van der Waals surface area contributed by atoms with Gasteiger partial charge in [-0.15, -0.1) is 0 Å². The van der Waals surface area contributed by atoms with Crippen molar-refractivity contribution in [2.24, 2.45) is 17.8 Å². The first kappa shape index (κ1) is 11.0. The Morgan fingerprint density at radius 3 is 2.67 bits per heavy atom. The molecular weight excluding hydrogens is 220 g/mol. The molecule has 0 spiro atoms. The smallest absolute Gasteiger partial charge is 0.0605 e. The van der Waals surface area contributed by atoms with E-state index in [0.717, 1.165) is 5.92 Å². The maximum atomic E-state index is 10.6. The fraction of sp³-hybridized carbons (Fsp3) is 0.647. The van der Waals surface area contributed by atoms with E-state index in [1.165, 1.54) is 38.5 Å². The Morgan fingerprint density at radius 1 is 1.06 bits per heavy atom. The maximum Gasteiger partial charge on any atom is 0.0605 e. The van der Waals surface area contributed by atoms with Crippen LogP contribution in [0.4, 0.5) is 0 Å². The molecule has 4 rings (SSSR count). The van der Waals surface area contributed by atoms with Crippen molar-refractivity contribution in [3.05, 3.63) is 35.4 Å². The summed E-state index contributed by atoms with van der Waals surface area (Å²) in [7, 11) is 0. The summed E-state index contributed by atoms with van der Waals surface area (Å²) in [4.78, 5) is 0. The van der Waals surface area contributed by atoms with Crippen LogP contribution < -0.4 is 0 Å². The van der Waals surface area contributed by atoms with Gasteiger partial charge in [0.05, 0.1) is 6.10 Å². The summed E-state index contributed by atoms with van der Waals surface area (Å²) >= 11 is 0. The molecule has 0 aliphatic heterocycles. The van der Waals surface area contributed by atoms with Crippen LogP contribution in [0.25, 0.3) is 0 Å². The average molecular weight is 242 g/mol. The first-order valence-corrected chi connectivity index (χ1v) is 7.62. The third-order valence-electron chi connectivity index (χ3n) is 5.67. The van der Waals surface area contributed by atoms with E-state index < -0.39 is 0 Å². The Balaban J connectivity index is 1.57. The minimum atomic E-state index is -0.0198. The van der Waals surface area contributed by atoms with Crippen LogP contribution in [0.5, 0.6) is 0 Å². The molecule has 0 aromatic heterocycles. The van der Waals surface area contributed by atoms with Crippen molar-refractivity contribution < 1.29 is 5.11 Å². The second-order valence-corrected chi connectivity index (χ2v) is 6.54. The summed E-state index contributed by atoms with van der Waals surface area (Å²) in [6.45, 7) is 0. The molecule has 1 aromatic rings. The number of aryl methyl sites for hydroxylation is 1. The van der Waals surface area contributed by atoms with Crippen LogP contribution in [0.1, 0.15) is 49.1 Å². The Kier molecular flexibility index (Phi) is 2.51. The molecule has 4 atom stereocenters. The summed E-state index contributed by atoms with van der Waals surface area (Å²) in [5.74, 6) is 2.66. The minimum Gasteiger partial charge on any atom is -0.393 e. The van der Waals surface area contributed by atoms with Crippen molar-refractivity contribution in [1.29, 1.82) is 0 Å². The van der Waals surface area contributed by atoms with Crippen LogP contribution >= 0.6 is 0 Å². The Morgan fingerprint density at radius 2 is 1.83 bits per heavy atom. The first-order chi connectivity index (χ1) is 8.86. The van der Waals surface area contributed by atoms with Crippen molar-refractivity contribution in [3.63, 3.8) is 0 Å². The van der Waals surface area contributed by atoms with E-state index in [1.54, 1.807) is 11.1 Å². The number of rotatable bonds is 2. The van der Waals surface area contributed by atoms with E-state index in [0.29, 0.717) is 17.8 Å². The van der Waals surface area contributed by atoms with Gasteiger partial charge in [0.1, 0.15) is 0 Å². The molecule has 0 radical (unpaired) electrons. The standard InChI is InChI=1S/C17H22O/c18-17(12-6-1-2-7-12)16-14-10-9-11-5-3-4-8-13(11)15(14)16/h3-5,8,12,14-18H,1-2,6-7,9-10H2. The molecule has 3 aliphatic carbocycles. The summed E-state index contributed by atoms with van der Waals surface area (Å²) in [6.07, 6.45) is 7.70. The number of benzene rings is 1. The molecule has 1 nitrogen and oxygen atoms in total. The quantitative estimate of drug-likeness (QED) is 0.841. The van der Waals surface area contributed by atoms with Crippen LogP contribution in [0.15, 0.2) is 24.3 Å². The predicted molar refractivity (Wildman–Crippen MR) is 72.4 cm³/mol. The van der Waals surface area contributed by atoms with Gasteiger partial charge >= 0.3 is 0 Å². The maximum absolute atomic E-state index is 10.6. The highest BCUT2D eigenvalue weighted by Gasteiger charge is 2.57. The second kappa shape index (κ2) is 4.09. The highest BCUT2D eigenvalue weighted by Crippen LogP contribution is 2.62. The van der Waals surface area contributed by atoms with Crippen molar-refractivity contribution >= 4 is 0 Å². The van der Waals surface area contributed by atoms with E-state index in [4.69, 9.17) is 0 Å². The number of hydrogen-bond acceptors (Lipinski definition) is 1. The van der Waals surface area contributed by atoms with Gasteiger partial charge in [-0.25, -0.2) is 0 Å². The average Bonchev–Trinajstić information content (AvgIpc) is 2.89. The fourth-order valence-electron chi connectivity index (χ4n) is 4.70.